The largest absolute Gasteiger partial charge is 0.323 e. The van der Waals surface area contributed by atoms with E-state index in [0.717, 1.165) is 24.1 Å². The molecule has 0 bridgehead atoms. The molecule has 2 atom stereocenters. The van der Waals surface area contributed by atoms with E-state index in [9.17, 15) is 0 Å². The number of nitrogens with two attached hydrogens (primary N) is 1. The van der Waals surface area contributed by atoms with Crippen LogP contribution >= 0.6 is 0 Å². The summed E-state index contributed by atoms with van der Waals surface area (Å²) in [7, 11) is 1.98. The molecule has 3 nitrogen and oxygen atoms in total. The lowest BCUT2D eigenvalue weighted by atomic mass is 9.74. The Morgan fingerprint density at radius 1 is 1.19 bits per heavy atom. The van der Waals surface area contributed by atoms with Crippen LogP contribution in [-0.4, -0.2) is 9.78 Å². The summed E-state index contributed by atoms with van der Waals surface area (Å²) in [5, 5.41) is 5.83. The second-order valence-electron chi connectivity index (χ2n) is 5.97. The van der Waals surface area contributed by atoms with E-state index in [1.54, 1.807) is 0 Å². The summed E-state index contributed by atoms with van der Waals surface area (Å²) in [6, 6.07) is 17.0. The summed E-state index contributed by atoms with van der Waals surface area (Å²) in [5.74, 6) is 0.581. The van der Waals surface area contributed by atoms with Crippen molar-refractivity contribution in [2.75, 3.05) is 0 Å². The number of nitrogens with zero attached hydrogens (tertiary/aromatic N) is 2. The van der Waals surface area contributed by atoms with Crippen LogP contribution in [-0.2, 0) is 13.5 Å². The Morgan fingerprint density at radius 3 is 2.81 bits per heavy atom. The molecule has 106 valence electrons. The monoisotopic (exact) mass is 277 g/mol. The molecular weight excluding hydrogens is 258 g/mol. The Labute approximate surface area is 124 Å². The molecule has 3 aromatic rings. The van der Waals surface area contributed by atoms with Gasteiger partial charge in [0.2, 0.25) is 0 Å². The topological polar surface area (TPSA) is 43.8 Å². The van der Waals surface area contributed by atoms with E-state index in [1.165, 1.54) is 16.5 Å². The minimum absolute atomic E-state index is 0.00513. The standard InChI is InChI=1S/C18H19N3/c1-21-17-9-5-4-8-15(17)18(20-21)16(19)11-13-10-12-6-2-3-7-14(12)13/h2-9,13,16H,10-11,19H2,1H3. The number of benzene rings is 2. The van der Waals surface area contributed by atoms with Crippen molar-refractivity contribution in [1.82, 2.24) is 9.78 Å². The quantitative estimate of drug-likeness (QED) is 0.798. The van der Waals surface area contributed by atoms with Crippen molar-refractivity contribution in [3.05, 3.63) is 65.4 Å². The van der Waals surface area contributed by atoms with Crippen LogP contribution in [0, 0.1) is 0 Å². The van der Waals surface area contributed by atoms with Crippen molar-refractivity contribution in [3.8, 4) is 0 Å². The zero-order chi connectivity index (χ0) is 14.4. The van der Waals surface area contributed by atoms with Gasteiger partial charge in [-0.15, -0.1) is 0 Å². The fourth-order valence-corrected chi connectivity index (χ4v) is 3.51. The zero-order valence-corrected chi connectivity index (χ0v) is 12.2. The van der Waals surface area contributed by atoms with E-state index >= 15 is 0 Å². The van der Waals surface area contributed by atoms with Crippen LogP contribution in [0.25, 0.3) is 10.9 Å². The Kier molecular flexibility index (Phi) is 2.82. The van der Waals surface area contributed by atoms with Gasteiger partial charge in [0.1, 0.15) is 0 Å². The molecule has 0 fully saturated rings. The highest BCUT2D eigenvalue weighted by molar-refractivity contribution is 5.82. The van der Waals surface area contributed by atoms with Gasteiger partial charge in [-0.1, -0.05) is 42.5 Å². The molecule has 3 heteroatoms. The first-order chi connectivity index (χ1) is 10.2. The lowest BCUT2D eigenvalue weighted by Crippen LogP contribution is -2.23. The number of hydrogen-bond donors (Lipinski definition) is 1. The third kappa shape index (κ3) is 1.96. The number of fused-ring (bicyclic) bond motifs is 2. The number of aromatic nitrogens is 2. The van der Waals surface area contributed by atoms with E-state index in [4.69, 9.17) is 5.73 Å². The molecule has 2 N–H and O–H groups in total. The molecule has 0 aliphatic heterocycles. The van der Waals surface area contributed by atoms with Crippen molar-refractivity contribution in [1.29, 1.82) is 0 Å². The predicted octanol–water partition coefficient (Wildman–Crippen LogP) is 3.30. The average Bonchev–Trinajstić information content (AvgIpc) is 2.83. The highest BCUT2D eigenvalue weighted by Gasteiger charge is 2.28. The lowest BCUT2D eigenvalue weighted by molar-refractivity contribution is 0.490. The Bertz CT molecular complexity index is 803. The summed E-state index contributed by atoms with van der Waals surface area (Å²) in [6.45, 7) is 0. The normalized spacial score (nSPS) is 18.3. The highest BCUT2D eigenvalue weighted by Crippen LogP contribution is 2.40. The zero-order valence-electron chi connectivity index (χ0n) is 12.2. The maximum absolute atomic E-state index is 6.47. The molecule has 21 heavy (non-hydrogen) atoms. The number of hydrogen-bond acceptors (Lipinski definition) is 2. The van der Waals surface area contributed by atoms with Gasteiger partial charge in [0.15, 0.2) is 0 Å². The molecule has 0 amide bonds. The van der Waals surface area contributed by atoms with Gasteiger partial charge in [-0.3, -0.25) is 4.68 Å². The highest BCUT2D eigenvalue weighted by atomic mass is 15.3. The van der Waals surface area contributed by atoms with Gasteiger partial charge in [0.25, 0.3) is 0 Å². The van der Waals surface area contributed by atoms with E-state index in [-0.39, 0.29) is 6.04 Å². The van der Waals surface area contributed by atoms with Crippen LogP contribution in [0.2, 0.25) is 0 Å². The molecule has 0 saturated carbocycles. The van der Waals surface area contributed by atoms with E-state index < -0.39 is 0 Å². The van der Waals surface area contributed by atoms with Crippen molar-refractivity contribution in [2.24, 2.45) is 12.8 Å². The number of aryl methyl sites for hydroxylation is 1. The molecule has 1 heterocycles. The molecule has 0 radical (unpaired) electrons. The summed E-state index contributed by atoms with van der Waals surface area (Å²) < 4.78 is 1.93. The van der Waals surface area contributed by atoms with Crippen molar-refractivity contribution in [2.45, 2.75) is 24.8 Å². The second kappa shape index (κ2) is 4.71. The first kappa shape index (κ1) is 12.6. The molecule has 1 aliphatic rings. The van der Waals surface area contributed by atoms with E-state index in [2.05, 4.69) is 47.6 Å². The fourth-order valence-electron chi connectivity index (χ4n) is 3.51. The first-order valence-corrected chi connectivity index (χ1v) is 7.49. The molecule has 2 aromatic carbocycles. The van der Waals surface area contributed by atoms with E-state index in [0.29, 0.717) is 5.92 Å². The summed E-state index contributed by atoms with van der Waals surface area (Å²) in [5.41, 5.74) is 11.6. The Balaban J connectivity index is 1.62. The maximum atomic E-state index is 6.47. The third-order valence-electron chi connectivity index (χ3n) is 4.64. The SMILES string of the molecule is Cn1nc(C(N)CC2Cc3ccccc32)c2ccccc21. The van der Waals surface area contributed by atoms with Gasteiger partial charge >= 0.3 is 0 Å². The fraction of sp³-hybridized carbons (Fsp3) is 0.278. The number of rotatable bonds is 3. The molecule has 0 saturated heterocycles. The van der Waals surface area contributed by atoms with Gasteiger partial charge in [-0.05, 0) is 36.0 Å². The van der Waals surface area contributed by atoms with Crippen molar-refractivity contribution >= 4 is 10.9 Å². The minimum Gasteiger partial charge on any atom is -0.323 e. The van der Waals surface area contributed by atoms with Crippen LogP contribution in [0.5, 0.6) is 0 Å². The summed E-state index contributed by atoms with van der Waals surface area (Å²) in [4.78, 5) is 0. The molecule has 1 aliphatic carbocycles. The maximum Gasteiger partial charge on any atom is 0.0870 e. The summed E-state index contributed by atoms with van der Waals surface area (Å²) >= 11 is 0. The molecule has 0 spiro atoms. The Morgan fingerprint density at radius 2 is 1.95 bits per heavy atom. The lowest BCUT2D eigenvalue weighted by Gasteiger charge is -2.31. The van der Waals surface area contributed by atoms with Crippen molar-refractivity contribution in [3.63, 3.8) is 0 Å². The minimum atomic E-state index is -0.00513. The summed E-state index contributed by atoms with van der Waals surface area (Å²) in [6.07, 6.45) is 2.12. The van der Waals surface area contributed by atoms with Gasteiger partial charge in [0, 0.05) is 12.4 Å². The van der Waals surface area contributed by atoms with Gasteiger partial charge < -0.3 is 5.73 Å². The van der Waals surface area contributed by atoms with Crippen LogP contribution in [0.3, 0.4) is 0 Å². The predicted molar refractivity (Wildman–Crippen MR) is 85.1 cm³/mol. The number of para-hydroxylation sites is 1. The molecule has 4 rings (SSSR count). The molecular formula is C18H19N3. The van der Waals surface area contributed by atoms with Crippen LogP contribution in [0.1, 0.15) is 35.2 Å². The van der Waals surface area contributed by atoms with Gasteiger partial charge in [-0.2, -0.15) is 5.10 Å². The Hall–Kier alpha value is -2.13. The molecule has 2 unspecified atom stereocenters. The molecule has 1 aromatic heterocycles. The van der Waals surface area contributed by atoms with Gasteiger partial charge in [0.05, 0.1) is 17.3 Å². The second-order valence-corrected chi connectivity index (χ2v) is 5.97. The average molecular weight is 277 g/mol. The van der Waals surface area contributed by atoms with Crippen molar-refractivity contribution < 1.29 is 0 Å². The van der Waals surface area contributed by atoms with E-state index in [1.807, 2.05) is 17.8 Å². The third-order valence-corrected chi connectivity index (χ3v) is 4.64. The van der Waals surface area contributed by atoms with Crippen LogP contribution < -0.4 is 5.73 Å². The van der Waals surface area contributed by atoms with Crippen LogP contribution in [0.15, 0.2) is 48.5 Å². The first-order valence-electron chi connectivity index (χ1n) is 7.49. The smallest absolute Gasteiger partial charge is 0.0870 e. The van der Waals surface area contributed by atoms with Gasteiger partial charge in [-0.25, -0.2) is 0 Å². The van der Waals surface area contributed by atoms with Crippen LogP contribution in [0.4, 0.5) is 0 Å².